The third-order valence-corrected chi connectivity index (χ3v) is 9.80. The largest absolute Gasteiger partial charge is 0.481 e. The quantitative estimate of drug-likeness (QED) is 0.185. The van der Waals surface area contributed by atoms with Crippen LogP contribution in [-0.4, -0.2) is 103 Å². The molecule has 2 heterocycles. The number of hydrogen-bond donors (Lipinski definition) is 4. The van der Waals surface area contributed by atoms with Crippen LogP contribution in [0.1, 0.15) is 63.0 Å². The molecule has 2 aliphatic heterocycles. The fraction of sp³-hybridized carbons (Fsp3) is 0.645. The van der Waals surface area contributed by atoms with Gasteiger partial charge in [-0.05, 0) is 83.1 Å². The predicted molar refractivity (Wildman–Crippen MR) is 158 cm³/mol. The number of nitrogens with one attached hydrogen (secondary N) is 2. The maximum absolute atomic E-state index is 13.3. The van der Waals surface area contributed by atoms with Crippen molar-refractivity contribution in [1.82, 2.24) is 20.4 Å². The summed E-state index contributed by atoms with van der Waals surface area (Å²) in [5.74, 6) is -1.30. The Morgan fingerprint density at radius 1 is 1.27 bits per heavy atom. The van der Waals surface area contributed by atoms with Gasteiger partial charge < -0.3 is 40.7 Å². The van der Waals surface area contributed by atoms with Crippen molar-refractivity contribution in [1.29, 1.82) is 0 Å². The van der Waals surface area contributed by atoms with Crippen molar-refractivity contribution in [2.45, 2.75) is 81.9 Å². The number of likely N-dealkylation sites (tertiary alicyclic amines) is 1. The molecule has 2 aliphatic carbocycles. The summed E-state index contributed by atoms with van der Waals surface area (Å²) in [6, 6.07) is 3.19. The molecule has 0 aromatic heterocycles. The summed E-state index contributed by atoms with van der Waals surface area (Å²) < 4.78 is 12.3. The van der Waals surface area contributed by atoms with Gasteiger partial charge in [0, 0.05) is 43.1 Å². The average Bonchev–Trinajstić information content (AvgIpc) is 3.34. The highest BCUT2D eigenvalue weighted by Crippen LogP contribution is 2.63. The lowest BCUT2D eigenvalue weighted by molar-refractivity contribution is -0.142. The van der Waals surface area contributed by atoms with E-state index in [1.165, 1.54) is 4.90 Å². The lowest BCUT2D eigenvalue weighted by Crippen LogP contribution is -2.65. The lowest BCUT2D eigenvalue weighted by atomic mass is 9.52. The number of amides is 3. The van der Waals surface area contributed by atoms with Crippen LogP contribution in [0, 0.1) is 5.92 Å². The minimum Gasteiger partial charge on any atom is -0.481 e. The molecular weight excluding hydrogens is 570 g/mol. The van der Waals surface area contributed by atoms with Gasteiger partial charge in [-0.15, -0.1) is 0 Å². The highest BCUT2D eigenvalue weighted by Gasteiger charge is 2.65. The first-order valence-electron chi connectivity index (χ1n) is 15.6. The van der Waals surface area contributed by atoms with E-state index in [4.69, 9.17) is 20.3 Å². The summed E-state index contributed by atoms with van der Waals surface area (Å²) in [5, 5.41) is 14.1. The van der Waals surface area contributed by atoms with Crippen LogP contribution >= 0.6 is 0 Å². The molecule has 4 aliphatic rings. The number of piperidine rings is 1. The Hall–Kier alpha value is -3.71. The van der Waals surface area contributed by atoms with Crippen molar-refractivity contribution in [3.8, 4) is 11.5 Å². The first-order chi connectivity index (χ1) is 21.1. The summed E-state index contributed by atoms with van der Waals surface area (Å²) in [6.07, 6.45) is 2.65. The first-order valence-corrected chi connectivity index (χ1v) is 15.6. The van der Waals surface area contributed by atoms with Crippen LogP contribution in [0.4, 0.5) is 4.79 Å². The van der Waals surface area contributed by atoms with E-state index < -0.39 is 42.4 Å². The Labute approximate surface area is 256 Å². The van der Waals surface area contributed by atoms with Gasteiger partial charge in [-0.2, -0.15) is 0 Å². The van der Waals surface area contributed by atoms with Crippen LogP contribution in [0.5, 0.6) is 11.5 Å². The van der Waals surface area contributed by atoms with Gasteiger partial charge in [0.05, 0.1) is 0 Å². The van der Waals surface area contributed by atoms with Gasteiger partial charge in [-0.1, -0.05) is 6.07 Å². The van der Waals surface area contributed by atoms with E-state index in [0.717, 1.165) is 36.9 Å². The van der Waals surface area contributed by atoms with Gasteiger partial charge in [0.15, 0.2) is 23.4 Å². The highest BCUT2D eigenvalue weighted by molar-refractivity contribution is 5.96. The number of hydrogen-bond acceptors (Lipinski definition) is 9. The van der Waals surface area contributed by atoms with E-state index >= 15 is 0 Å². The normalized spacial score (nSPS) is 25.3. The van der Waals surface area contributed by atoms with Crippen LogP contribution in [0.3, 0.4) is 0 Å². The SMILES string of the molecule is CCN(CCNC(=O)C(CCCCN)NC(=O)CC(=O)O)C(=O)Oc1ccc2c3c1OC1C(=O)CCC4C(C2)N(C)CCC314. The number of carbonyl (C=O) groups is 5. The monoisotopic (exact) mass is 613 g/mol. The summed E-state index contributed by atoms with van der Waals surface area (Å²) in [5.41, 5.74) is 7.35. The molecule has 13 heteroatoms. The number of nitrogens with two attached hydrogens (primary N) is 1. The molecule has 2 bridgehead atoms. The molecule has 5 N–H and O–H groups in total. The fourth-order valence-corrected chi connectivity index (χ4v) is 7.71. The van der Waals surface area contributed by atoms with Gasteiger partial charge in [-0.3, -0.25) is 19.2 Å². The van der Waals surface area contributed by atoms with Gasteiger partial charge in [0.25, 0.3) is 0 Å². The minimum atomic E-state index is -1.29. The third-order valence-electron chi connectivity index (χ3n) is 9.80. The zero-order valence-corrected chi connectivity index (χ0v) is 25.4. The number of likely N-dealkylation sites (N-methyl/N-ethyl adjacent to an activating group) is 2. The zero-order valence-electron chi connectivity index (χ0n) is 25.4. The van der Waals surface area contributed by atoms with Crippen molar-refractivity contribution in [2.75, 3.05) is 39.8 Å². The number of ketones is 1. The Balaban J connectivity index is 1.24. The molecule has 44 heavy (non-hydrogen) atoms. The number of unbranched alkanes of at least 4 members (excludes halogenated alkanes) is 1. The topological polar surface area (TPSA) is 181 Å². The highest BCUT2D eigenvalue weighted by atomic mass is 16.6. The van der Waals surface area contributed by atoms with Crippen LogP contribution in [-0.2, 0) is 31.0 Å². The van der Waals surface area contributed by atoms with E-state index in [1.54, 1.807) is 13.0 Å². The standard InChI is InChI=1S/C31H43N5O8/c1-3-36(15-13-33-29(41)20(6-4-5-12-32)34-24(38)17-25(39)40)30(42)43-23-10-7-18-16-21-19-8-9-22(37)28-31(19,11-14-35(21)2)26(18)27(23)44-28/h7,10,19-21,28H,3-6,8-9,11-17,32H2,1-2H3,(H,33,41)(H,34,38)(H,39,40). The van der Waals surface area contributed by atoms with Crippen LogP contribution < -0.4 is 25.8 Å². The Morgan fingerprint density at radius 3 is 2.80 bits per heavy atom. The lowest BCUT2D eigenvalue weighted by Gasteiger charge is -2.57. The van der Waals surface area contributed by atoms with Crippen molar-refractivity contribution < 1.29 is 38.6 Å². The number of ether oxygens (including phenoxy) is 2. The number of nitrogens with zero attached hydrogens (tertiary/aromatic N) is 2. The third kappa shape index (κ3) is 5.86. The molecule has 1 aromatic carbocycles. The molecule has 1 saturated heterocycles. The second kappa shape index (κ2) is 13.1. The average molecular weight is 614 g/mol. The predicted octanol–water partition coefficient (Wildman–Crippen LogP) is 0.950. The van der Waals surface area contributed by atoms with Crippen molar-refractivity contribution in [3.63, 3.8) is 0 Å². The summed E-state index contributed by atoms with van der Waals surface area (Å²) in [7, 11) is 2.15. The second-order valence-electron chi connectivity index (χ2n) is 12.3. The number of carboxylic acid groups (broad SMARTS) is 1. The smallest absolute Gasteiger partial charge is 0.415 e. The van der Waals surface area contributed by atoms with Gasteiger partial charge in [0.1, 0.15) is 12.5 Å². The Bertz CT molecular complexity index is 1320. The van der Waals surface area contributed by atoms with Crippen molar-refractivity contribution in [2.24, 2.45) is 11.7 Å². The van der Waals surface area contributed by atoms with E-state index in [9.17, 15) is 24.0 Å². The molecule has 5 atom stereocenters. The van der Waals surface area contributed by atoms with E-state index in [2.05, 4.69) is 22.6 Å². The molecule has 5 rings (SSSR count). The maximum atomic E-state index is 13.3. The van der Waals surface area contributed by atoms with E-state index in [1.807, 2.05) is 6.07 Å². The maximum Gasteiger partial charge on any atom is 0.415 e. The van der Waals surface area contributed by atoms with Crippen LogP contribution in [0.15, 0.2) is 12.1 Å². The van der Waals surface area contributed by atoms with Crippen molar-refractivity contribution >= 4 is 29.7 Å². The molecule has 13 nitrogen and oxygen atoms in total. The summed E-state index contributed by atoms with van der Waals surface area (Å²) in [4.78, 5) is 66.0. The van der Waals surface area contributed by atoms with E-state index in [0.29, 0.717) is 62.2 Å². The first kappa shape index (κ1) is 31.7. The van der Waals surface area contributed by atoms with Gasteiger partial charge in [0.2, 0.25) is 11.8 Å². The number of benzene rings is 1. The molecule has 2 fully saturated rings. The zero-order chi connectivity index (χ0) is 31.6. The second-order valence-corrected chi connectivity index (χ2v) is 12.3. The molecule has 3 amide bonds. The van der Waals surface area contributed by atoms with Crippen LogP contribution in [0.25, 0.3) is 0 Å². The molecule has 240 valence electrons. The number of rotatable bonds is 13. The number of Topliss-reactive ketones (excluding diaryl/α,β-unsaturated/α-hetero) is 1. The molecule has 0 radical (unpaired) electrons. The van der Waals surface area contributed by atoms with Gasteiger partial charge >= 0.3 is 12.1 Å². The fourth-order valence-electron chi connectivity index (χ4n) is 7.71. The van der Waals surface area contributed by atoms with E-state index in [-0.39, 0.29) is 24.3 Å². The van der Waals surface area contributed by atoms with Gasteiger partial charge in [-0.25, -0.2) is 4.79 Å². The molecule has 1 aromatic rings. The minimum absolute atomic E-state index is 0.0911. The summed E-state index contributed by atoms with van der Waals surface area (Å²) in [6.45, 7) is 3.65. The molecular formula is C31H43N5O8. The molecule has 1 spiro atoms. The number of carboxylic acids is 1. The van der Waals surface area contributed by atoms with Crippen molar-refractivity contribution in [3.05, 3.63) is 23.3 Å². The number of carbonyl (C=O) groups excluding carboxylic acids is 4. The summed E-state index contributed by atoms with van der Waals surface area (Å²) >= 11 is 0. The molecule has 5 unspecified atom stereocenters. The van der Waals surface area contributed by atoms with Crippen LogP contribution in [0.2, 0.25) is 0 Å². The Morgan fingerprint density at radius 2 is 2.07 bits per heavy atom. The Kier molecular flexibility index (Phi) is 9.45. The molecule has 1 saturated carbocycles. The number of aliphatic carboxylic acids is 1.